The van der Waals surface area contributed by atoms with Crippen molar-refractivity contribution < 1.29 is 13.2 Å². The number of para-hydroxylation sites is 2. The number of nitrogens with one attached hydrogen (secondary N) is 2. The highest BCUT2D eigenvalue weighted by Crippen LogP contribution is 2.24. The van der Waals surface area contributed by atoms with Crippen LogP contribution in [0.3, 0.4) is 0 Å². The van der Waals surface area contributed by atoms with Gasteiger partial charge in [-0.15, -0.1) is 4.83 Å². The highest BCUT2D eigenvalue weighted by atomic mass is 32.2. The molecule has 0 amide bonds. The molecule has 0 bridgehead atoms. The maximum atomic E-state index is 12.4. The molecular weight excluding hydrogens is 348 g/mol. The number of sulfonamides is 1. The lowest BCUT2D eigenvalue weighted by Gasteiger charge is -2.14. The molecule has 0 aliphatic heterocycles. The van der Waals surface area contributed by atoms with E-state index in [0.717, 1.165) is 11.1 Å². The van der Waals surface area contributed by atoms with Crippen molar-refractivity contribution in [2.45, 2.75) is 18.4 Å². The highest BCUT2D eigenvalue weighted by Gasteiger charge is 2.14. The topological polar surface area (TPSA) is 67.4 Å². The fraction of sp³-hybridized carbons (Fsp3) is 0.100. The fourth-order valence-electron chi connectivity index (χ4n) is 2.33. The van der Waals surface area contributed by atoms with Gasteiger partial charge in [0.15, 0.2) is 0 Å². The van der Waals surface area contributed by atoms with E-state index >= 15 is 0 Å². The van der Waals surface area contributed by atoms with E-state index in [1.165, 1.54) is 0 Å². The van der Waals surface area contributed by atoms with E-state index in [4.69, 9.17) is 4.74 Å². The van der Waals surface area contributed by atoms with Crippen LogP contribution in [-0.2, 0) is 16.6 Å². The summed E-state index contributed by atoms with van der Waals surface area (Å²) in [5, 5.41) is 0. The van der Waals surface area contributed by atoms with Crippen LogP contribution in [0.4, 0.5) is 5.69 Å². The van der Waals surface area contributed by atoms with Gasteiger partial charge in [0.25, 0.3) is 10.0 Å². The Hall–Kier alpha value is -2.83. The molecule has 3 aromatic carbocycles. The smallest absolute Gasteiger partial charge is 0.257 e. The summed E-state index contributed by atoms with van der Waals surface area (Å²) in [5.41, 5.74) is 5.31. The van der Waals surface area contributed by atoms with Gasteiger partial charge in [-0.3, -0.25) is 0 Å². The first kappa shape index (κ1) is 18.0. The molecule has 26 heavy (non-hydrogen) atoms. The van der Waals surface area contributed by atoms with Crippen LogP contribution in [0, 0.1) is 6.92 Å². The molecule has 0 atom stereocenters. The largest absolute Gasteiger partial charge is 0.487 e. The average Bonchev–Trinajstić information content (AvgIpc) is 2.66. The van der Waals surface area contributed by atoms with Crippen LogP contribution in [0.15, 0.2) is 83.8 Å². The second-order valence-electron chi connectivity index (χ2n) is 5.81. The number of rotatable bonds is 7. The number of benzene rings is 3. The zero-order chi connectivity index (χ0) is 18.4. The summed E-state index contributed by atoms with van der Waals surface area (Å²) in [5.74, 6) is 0.558. The van der Waals surface area contributed by atoms with Gasteiger partial charge < -0.3 is 10.2 Å². The molecule has 6 heteroatoms. The molecule has 3 aromatic rings. The summed E-state index contributed by atoms with van der Waals surface area (Å²) in [6, 6.07) is 23.6. The number of hydrogen-bond donors (Lipinski definition) is 2. The maximum absolute atomic E-state index is 12.4. The summed E-state index contributed by atoms with van der Waals surface area (Å²) < 4.78 is 30.6. The zero-order valence-electron chi connectivity index (χ0n) is 14.3. The van der Waals surface area contributed by atoms with E-state index in [1.807, 2.05) is 43.3 Å². The Morgan fingerprint density at radius 3 is 2.23 bits per heavy atom. The van der Waals surface area contributed by atoms with Crippen LogP contribution in [0.2, 0.25) is 0 Å². The van der Waals surface area contributed by atoms with Gasteiger partial charge in [-0.1, -0.05) is 60.2 Å². The summed E-state index contributed by atoms with van der Waals surface area (Å²) in [4.78, 5) is 2.58. The molecule has 134 valence electrons. The zero-order valence-corrected chi connectivity index (χ0v) is 15.2. The fourth-order valence-corrected chi connectivity index (χ4v) is 3.19. The average molecular weight is 368 g/mol. The van der Waals surface area contributed by atoms with E-state index in [2.05, 4.69) is 10.3 Å². The minimum Gasteiger partial charge on any atom is -0.487 e. The van der Waals surface area contributed by atoms with Crippen LogP contribution >= 0.6 is 0 Å². The first-order chi connectivity index (χ1) is 12.5. The first-order valence-electron chi connectivity index (χ1n) is 8.15. The van der Waals surface area contributed by atoms with Crippen molar-refractivity contribution in [1.29, 1.82) is 0 Å². The van der Waals surface area contributed by atoms with E-state index < -0.39 is 10.0 Å². The third kappa shape index (κ3) is 4.62. The SMILES string of the molecule is Cc1ccc(S(=O)(=O)NNc2ccccc2OCc2ccccc2)cc1. The molecule has 0 unspecified atom stereocenters. The molecule has 0 heterocycles. The van der Waals surface area contributed by atoms with Crippen LogP contribution in [0.1, 0.15) is 11.1 Å². The molecule has 5 nitrogen and oxygen atoms in total. The van der Waals surface area contributed by atoms with Crippen molar-refractivity contribution in [1.82, 2.24) is 4.83 Å². The van der Waals surface area contributed by atoms with Crippen molar-refractivity contribution in [3.05, 3.63) is 90.0 Å². The number of hydrogen-bond acceptors (Lipinski definition) is 4. The molecular formula is C20H20N2O3S. The molecule has 2 N–H and O–H groups in total. The number of hydrazine groups is 1. The Labute approximate surface area is 153 Å². The monoisotopic (exact) mass is 368 g/mol. The predicted octanol–water partition coefficient (Wildman–Crippen LogP) is 3.88. The molecule has 0 saturated heterocycles. The predicted molar refractivity (Wildman–Crippen MR) is 102 cm³/mol. The summed E-state index contributed by atoms with van der Waals surface area (Å²) in [7, 11) is -3.68. The molecule has 0 spiro atoms. The summed E-state index contributed by atoms with van der Waals surface area (Å²) in [6.45, 7) is 2.30. The third-order valence-electron chi connectivity index (χ3n) is 3.78. The molecule has 3 rings (SSSR count). The first-order valence-corrected chi connectivity index (χ1v) is 9.63. The van der Waals surface area contributed by atoms with Gasteiger partial charge >= 0.3 is 0 Å². The maximum Gasteiger partial charge on any atom is 0.257 e. The Kier molecular flexibility index (Phi) is 5.55. The van der Waals surface area contributed by atoms with Gasteiger partial charge in [0.05, 0.1) is 10.6 Å². The van der Waals surface area contributed by atoms with E-state index in [0.29, 0.717) is 18.0 Å². The van der Waals surface area contributed by atoms with Crippen LogP contribution in [0.25, 0.3) is 0 Å². The van der Waals surface area contributed by atoms with Crippen molar-refractivity contribution in [3.63, 3.8) is 0 Å². The van der Waals surface area contributed by atoms with Gasteiger partial charge in [0.2, 0.25) is 0 Å². The summed E-state index contributed by atoms with van der Waals surface area (Å²) in [6.07, 6.45) is 0. The van der Waals surface area contributed by atoms with E-state index in [9.17, 15) is 8.42 Å². The molecule has 0 aliphatic rings. The lowest BCUT2D eigenvalue weighted by molar-refractivity contribution is 0.307. The van der Waals surface area contributed by atoms with Crippen LogP contribution in [0.5, 0.6) is 5.75 Å². The second kappa shape index (κ2) is 8.03. The van der Waals surface area contributed by atoms with E-state index in [1.54, 1.807) is 42.5 Å². The van der Waals surface area contributed by atoms with Gasteiger partial charge in [-0.25, -0.2) is 8.42 Å². The van der Waals surface area contributed by atoms with E-state index in [-0.39, 0.29) is 4.90 Å². The third-order valence-corrected chi connectivity index (χ3v) is 5.04. The molecule has 0 saturated carbocycles. The second-order valence-corrected chi connectivity index (χ2v) is 7.50. The van der Waals surface area contributed by atoms with Crippen molar-refractivity contribution in [2.75, 3.05) is 5.43 Å². The van der Waals surface area contributed by atoms with Gasteiger partial charge in [0.1, 0.15) is 12.4 Å². The molecule has 0 fully saturated rings. The molecule has 0 radical (unpaired) electrons. The Morgan fingerprint density at radius 1 is 0.846 bits per heavy atom. The Morgan fingerprint density at radius 2 is 1.50 bits per heavy atom. The van der Waals surface area contributed by atoms with Gasteiger partial charge in [-0.2, -0.15) is 0 Å². The highest BCUT2D eigenvalue weighted by molar-refractivity contribution is 7.89. The summed E-state index contributed by atoms with van der Waals surface area (Å²) >= 11 is 0. The van der Waals surface area contributed by atoms with Crippen molar-refractivity contribution in [2.24, 2.45) is 0 Å². The quantitative estimate of drug-likeness (QED) is 0.621. The van der Waals surface area contributed by atoms with Crippen LogP contribution < -0.4 is 15.0 Å². The van der Waals surface area contributed by atoms with Crippen molar-refractivity contribution >= 4 is 15.7 Å². The number of aryl methyl sites for hydroxylation is 1. The minimum atomic E-state index is -3.68. The Bertz CT molecular complexity index is 956. The lowest BCUT2D eigenvalue weighted by Crippen LogP contribution is -2.29. The van der Waals surface area contributed by atoms with Gasteiger partial charge in [-0.05, 0) is 36.8 Å². The Balaban J connectivity index is 1.69. The van der Waals surface area contributed by atoms with Gasteiger partial charge in [0, 0.05) is 0 Å². The number of anilines is 1. The molecule has 0 aromatic heterocycles. The lowest BCUT2D eigenvalue weighted by atomic mass is 10.2. The minimum absolute atomic E-state index is 0.193. The van der Waals surface area contributed by atoms with Crippen molar-refractivity contribution in [3.8, 4) is 5.75 Å². The normalized spacial score (nSPS) is 11.1. The standard InChI is InChI=1S/C20H20N2O3S/c1-16-11-13-18(14-12-16)26(23,24)22-21-19-9-5-6-10-20(19)25-15-17-7-3-2-4-8-17/h2-14,21-22H,15H2,1H3. The molecule has 0 aliphatic carbocycles. The number of ether oxygens (including phenoxy) is 1. The van der Waals surface area contributed by atoms with Crippen LogP contribution in [-0.4, -0.2) is 8.42 Å².